The van der Waals surface area contributed by atoms with Crippen molar-refractivity contribution in [3.63, 3.8) is 0 Å². The third-order valence-electron chi connectivity index (χ3n) is 4.41. The van der Waals surface area contributed by atoms with Crippen molar-refractivity contribution in [1.82, 2.24) is 20.0 Å². The number of hydrogen-bond donors (Lipinski definition) is 1. The van der Waals surface area contributed by atoms with Gasteiger partial charge in [0.15, 0.2) is 0 Å². The lowest BCUT2D eigenvalue weighted by Crippen LogP contribution is -2.37. The zero-order chi connectivity index (χ0) is 17.7. The molecule has 1 atom stereocenters. The Morgan fingerprint density at radius 1 is 1.25 bits per heavy atom. The highest BCUT2D eigenvalue weighted by atomic mass is 16.2. The van der Waals surface area contributed by atoms with E-state index in [1.54, 1.807) is 13.1 Å². The Hall–Kier alpha value is -2.21. The molecule has 130 valence electrons. The van der Waals surface area contributed by atoms with E-state index in [1.165, 1.54) is 4.68 Å². The molecule has 0 fully saturated rings. The summed E-state index contributed by atoms with van der Waals surface area (Å²) in [6.45, 7) is 9.40. The first kappa shape index (κ1) is 18.1. The first-order valence-electron chi connectivity index (χ1n) is 8.45. The molecule has 24 heavy (non-hydrogen) atoms. The van der Waals surface area contributed by atoms with Crippen molar-refractivity contribution in [2.45, 2.75) is 26.7 Å². The van der Waals surface area contributed by atoms with E-state index >= 15 is 0 Å². The normalized spacial score (nSPS) is 12.5. The Kier molecular flexibility index (Phi) is 6.09. The van der Waals surface area contributed by atoms with E-state index in [2.05, 4.69) is 29.2 Å². The standard InChI is InChI=1S/C18H26N4O2/c1-5-22(6-2)12-11-19-17(23)13(3)16-14-9-7-8-10-15(14)18(24)21(4)20-16/h7-10,13H,5-6,11-12H2,1-4H3,(H,19,23)/t13-/m0/s1. The molecule has 0 radical (unpaired) electrons. The van der Waals surface area contributed by atoms with E-state index in [-0.39, 0.29) is 11.5 Å². The summed E-state index contributed by atoms with van der Waals surface area (Å²) in [4.78, 5) is 26.9. The van der Waals surface area contributed by atoms with Crippen LogP contribution < -0.4 is 10.9 Å². The summed E-state index contributed by atoms with van der Waals surface area (Å²) in [6, 6.07) is 7.30. The number of carbonyl (C=O) groups is 1. The molecule has 1 N–H and O–H groups in total. The molecule has 6 heteroatoms. The van der Waals surface area contributed by atoms with Crippen molar-refractivity contribution in [2.24, 2.45) is 7.05 Å². The number of benzene rings is 1. The lowest BCUT2D eigenvalue weighted by Gasteiger charge is -2.19. The Labute approximate surface area is 142 Å². The summed E-state index contributed by atoms with van der Waals surface area (Å²) < 4.78 is 1.30. The maximum Gasteiger partial charge on any atom is 0.274 e. The molecule has 1 aromatic heterocycles. The Bertz CT molecular complexity index is 765. The van der Waals surface area contributed by atoms with E-state index in [4.69, 9.17) is 0 Å². The molecule has 0 saturated heterocycles. The Balaban J connectivity index is 2.19. The van der Waals surface area contributed by atoms with Crippen LogP contribution in [0.3, 0.4) is 0 Å². The molecular weight excluding hydrogens is 304 g/mol. The van der Waals surface area contributed by atoms with Crippen molar-refractivity contribution in [2.75, 3.05) is 26.2 Å². The van der Waals surface area contributed by atoms with Crippen LogP contribution in [0.4, 0.5) is 0 Å². The molecule has 0 unspecified atom stereocenters. The number of likely N-dealkylation sites (N-methyl/N-ethyl adjacent to an activating group) is 1. The number of aryl methyl sites for hydroxylation is 1. The number of nitrogens with zero attached hydrogens (tertiary/aromatic N) is 3. The molecular formula is C18H26N4O2. The highest BCUT2D eigenvalue weighted by Crippen LogP contribution is 2.21. The third-order valence-corrected chi connectivity index (χ3v) is 4.41. The van der Waals surface area contributed by atoms with Gasteiger partial charge in [0.25, 0.3) is 5.56 Å². The number of amides is 1. The molecule has 0 aliphatic heterocycles. The van der Waals surface area contributed by atoms with Crippen molar-refractivity contribution >= 4 is 16.7 Å². The van der Waals surface area contributed by atoms with Crippen LogP contribution >= 0.6 is 0 Å². The van der Waals surface area contributed by atoms with Gasteiger partial charge < -0.3 is 10.2 Å². The maximum absolute atomic E-state index is 12.5. The zero-order valence-electron chi connectivity index (χ0n) is 14.9. The smallest absolute Gasteiger partial charge is 0.274 e. The molecule has 1 aromatic carbocycles. The van der Waals surface area contributed by atoms with Gasteiger partial charge in [0, 0.05) is 25.5 Å². The number of aromatic nitrogens is 2. The zero-order valence-corrected chi connectivity index (χ0v) is 14.9. The fraction of sp³-hybridized carbons (Fsp3) is 0.500. The molecule has 2 rings (SSSR count). The van der Waals surface area contributed by atoms with Crippen LogP contribution in [0.15, 0.2) is 29.1 Å². The molecule has 0 spiro atoms. The minimum Gasteiger partial charge on any atom is -0.354 e. The van der Waals surface area contributed by atoms with Crippen LogP contribution in [0.1, 0.15) is 32.4 Å². The van der Waals surface area contributed by atoms with Gasteiger partial charge in [-0.25, -0.2) is 4.68 Å². The van der Waals surface area contributed by atoms with Crippen LogP contribution in [-0.2, 0) is 11.8 Å². The summed E-state index contributed by atoms with van der Waals surface area (Å²) in [7, 11) is 1.61. The SMILES string of the molecule is CCN(CC)CCNC(=O)[C@@H](C)c1nn(C)c(=O)c2ccccc12. The van der Waals surface area contributed by atoms with E-state index in [9.17, 15) is 9.59 Å². The second kappa shape index (κ2) is 8.06. The van der Waals surface area contributed by atoms with Gasteiger partial charge >= 0.3 is 0 Å². The largest absolute Gasteiger partial charge is 0.354 e. The molecule has 6 nitrogen and oxygen atoms in total. The van der Waals surface area contributed by atoms with Gasteiger partial charge in [0.2, 0.25) is 5.91 Å². The van der Waals surface area contributed by atoms with Gasteiger partial charge in [-0.15, -0.1) is 0 Å². The number of rotatable bonds is 7. The fourth-order valence-corrected chi connectivity index (χ4v) is 2.80. The van der Waals surface area contributed by atoms with Gasteiger partial charge in [-0.3, -0.25) is 9.59 Å². The second-order valence-corrected chi connectivity index (χ2v) is 5.90. The van der Waals surface area contributed by atoms with E-state index < -0.39 is 5.92 Å². The van der Waals surface area contributed by atoms with Gasteiger partial charge in [0.05, 0.1) is 17.0 Å². The van der Waals surface area contributed by atoms with Crippen LogP contribution in [0.25, 0.3) is 10.8 Å². The first-order chi connectivity index (χ1) is 11.5. The molecule has 0 bridgehead atoms. The van der Waals surface area contributed by atoms with Gasteiger partial charge in [-0.1, -0.05) is 32.0 Å². The molecule has 0 aliphatic carbocycles. The highest BCUT2D eigenvalue weighted by molar-refractivity contribution is 5.91. The van der Waals surface area contributed by atoms with Gasteiger partial charge in [0.1, 0.15) is 0 Å². The van der Waals surface area contributed by atoms with Crippen molar-refractivity contribution < 1.29 is 4.79 Å². The second-order valence-electron chi connectivity index (χ2n) is 5.90. The first-order valence-corrected chi connectivity index (χ1v) is 8.45. The van der Waals surface area contributed by atoms with Crippen LogP contribution in [-0.4, -0.2) is 46.8 Å². The van der Waals surface area contributed by atoms with E-state index in [1.807, 2.05) is 25.1 Å². The predicted octanol–water partition coefficient (Wildman–Crippen LogP) is 1.50. The summed E-state index contributed by atoms with van der Waals surface area (Å²) >= 11 is 0. The lowest BCUT2D eigenvalue weighted by molar-refractivity contribution is -0.122. The molecule has 2 aromatic rings. The summed E-state index contributed by atoms with van der Waals surface area (Å²) in [6.07, 6.45) is 0. The van der Waals surface area contributed by atoms with Crippen molar-refractivity contribution in [1.29, 1.82) is 0 Å². The number of fused-ring (bicyclic) bond motifs is 1. The third kappa shape index (κ3) is 3.82. The van der Waals surface area contributed by atoms with Crippen LogP contribution in [0, 0.1) is 0 Å². The van der Waals surface area contributed by atoms with E-state index in [0.717, 1.165) is 25.0 Å². The topological polar surface area (TPSA) is 67.2 Å². The highest BCUT2D eigenvalue weighted by Gasteiger charge is 2.21. The predicted molar refractivity (Wildman–Crippen MR) is 96.2 cm³/mol. The van der Waals surface area contributed by atoms with Gasteiger partial charge in [-0.2, -0.15) is 5.10 Å². The monoisotopic (exact) mass is 330 g/mol. The fourth-order valence-electron chi connectivity index (χ4n) is 2.80. The Morgan fingerprint density at radius 3 is 2.50 bits per heavy atom. The van der Waals surface area contributed by atoms with Crippen LogP contribution in [0.5, 0.6) is 0 Å². The van der Waals surface area contributed by atoms with E-state index in [0.29, 0.717) is 17.6 Å². The number of carbonyl (C=O) groups excluding carboxylic acids is 1. The van der Waals surface area contributed by atoms with Crippen LogP contribution in [0.2, 0.25) is 0 Å². The average molecular weight is 330 g/mol. The maximum atomic E-state index is 12.5. The molecule has 0 aliphatic rings. The quantitative estimate of drug-likeness (QED) is 0.835. The number of nitrogens with one attached hydrogen (secondary N) is 1. The summed E-state index contributed by atoms with van der Waals surface area (Å²) in [5.74, 6) is -0.489. The molecule has 1 amide bonds. The summed E-state index contributed by atoms with van der Waals surface area (Å²) in [5, 5.41) is 8.63. The average Bonchev–Trinajstić information content (AvgIpc) is 2.61. The lowest BCUT2D eigenvalue weighted by atomic mass is 10.0. The summed E-state index contributed by atoms with van der Waals surface area (Å²) in [5.41, 5.74) is 0.483. The van der Waals surface area contributed by atoms with Crippen molar-refractivity contribution in [3.8, 4) is 0 Å². The van der Waals surface area contributed by atoms with Crippen molar-refractivity contribution in [3.05, 3.63) is 40.3 Å². The minimum absolute atomic E-state index is 0.0709. The molecule has 1 heterocycles. The minimum atomic E-state index is -0.418. The molecule has 0 saturated carbocycles. The number of hydrogen-bond acceptors (Lipinski definition) is 4. The van der Waals surface area contributed by atoms with Gasteiger partial charge in [-0.05, 0) is 26.1 Å². The Morgan fingerprint density at radius 2 is 1.88 bits per heavy atom.